The van der Waals surface area contributed by atoms with E-state index in [1.165, 1.54) is 32.2 Å². The van der Waals surface area contributed by atoms with Crippen LogP contribution >= 0.6 is 0 Å². The Bertz CT molecular complexity index is 1010. The molecule has 0 atom stereocenters. The topological polar surface area (TPSA) is 65.5 Å². The number of carbonyl (C=O) groups is 2. The highest BCUT2D eigenvalue weighted by Crippen LogP contribution is 2.35. The van der Waals surface area contributed by atoms with Gasteiger partial charge >= 0.3 is 11.9 Å². The van der Waals surface area contributed by atoms with Gasteiger partial charge in [0.1, 0.15) is 11.5 Å². The molecule has 0 radical (unpaired) electrons. The van der Waals surface area contributed by atoms with Gasteiger partial charge in [0.25, 0.3) is 5.92 Å². The Balaban J connectivity index is 2.06. The second-order valence-corrected chi connectivity index (χ2v) is 7.12. The predicted molar refractivity (Wildman–Crippen MR) is 110 cm³/mol. The van der Waals surface area contributed by atoms with Gasteiger partial charge in [-0.3, -0.25) is 14.6 Å². The summed E-state index contributed by atoms with van der Waals surface area (Å²) in [4.78, 5) is 26.7. The first-order valence-electron chi connectivity index (χ1n) is 9.54. The van der Waals surface area contributed by atoms with E-state index in [2.05, 4.69) is 4.98 Å². The summed E-state index contributed by atoms with van der Waals surface area (Å²) in [7, 11) is 0. The van der Waals surface area contributed by atoms with Crippen molar-refractivity contribution in [2.24, 2.45) is 0 Å². The molecule has 0 unspecified atom stereocenters. The number of nitrogens with zero attached hydrogens (tertiary/aromatic N) is 1. The standard InChI is InChI=1S/C24H21F2NO4/c1-15(28)30-20-8-4-17(5-9-20)23(18-6-10-21(11-7-18)31-16(2)29)22-14-19(12-13-27-22)24(3,25)26/h4-14,23H,1-3H3. The number of alkyl halides is 2. The van der Waals surface area contributed by atoms with Crippen LogP contribution < -0.4 is 9.47 Å². The van der Waals surface area contributed by atoms with Crippen molar-refractivity contribution in [3.05, 3.63) is 89.2 Å². The number of rotatable bonds is 6. The molecule has 0 saturated heterocycles. The molecule has 160 valence electrons. The highest BCUT2D eigenvalue weighted by Gasteiger charge is 2.27. The molecule has 0 bridgehead atoms. The highest BCUT2D eigenvalue weighted by molar-refractivity contribution is 5.69. The molecule has 7 heteroatoms. The van der Waals surface area contributed by atoms with Crippen molar-refractivity contribution >= 4 is 11.9 Å². The molecule has 3 rings (SSSR count). The van der Waals surface area contributed by atoms with Gasteiger partial charge in [0.2, 0.25) is 0 Å². The Morgan fingerprint density at radius 3 is 1.68 bits per heavy atom. The summed E-state index contributed by atoms with van der Waals surface area (Å²) in [6.07, 6.45) is 1.36. The van der Waals surface area contributed by atoms with Crippen LogP contribution in [0.1, 0.15) is 49.1 Å². The monoisotopic (exact) mass is 425 g/mol. The molecule has 31 heavy (non-hydrogen) atoms. The van der Waals surface area contributed by atoms with Crippen molar-refractivity contribution in [1.29, 1.82) is 0 Å². The number of hydrogen-bond donors (Lipinski definition) is 0. The average Bonchev–Trinajstić information content (AvgIpc) is 2.70. The molecule has 0 aliphatic heterocycles. The van der Waals surface area contributed by atoms with Crippen LogP contribution in [0.25, 0.3) is 0 Å². The number of aromatic nitrogens is 1. The minimum absolute atomic E-state index is 0.143. The third kappa shape index (κ3) is 5.72. The van der Waals surface area contributed by atoms with Gasteiger partial charge in [-0.15, -0.1) is 0 Å². The zero-order valence-corrected chi connectivity index (χ0v) is 17.3. The van der Waals surface area contributed by atoms with E-state index in [0.29, 0.717) is 17.2 Å². The van der Waals surface area contributed by atoms with E-state index in [1.54, 1.807) is 48.5 Å². The van der Waals surface area contributed by atoms with Gasteiger partial charge in [0, 0.05) is 32.5 Å². The summed E-state index contributed by atoms with van der Waals surface area (Å²) in [6, 6.07) is 16.2. The third-order valence-corrected chi connectivity index (χ3v) is 4.53. The van der Waals surface area contributed by atoms with E-state index in [0.717, 1.165) is 18.1 Å². The van der Waals surface area contributed by atoms with Crippen molar-refractivity contribution in [3.8, 4) is 11.5 Å². The van der Waals surface area contributed by atoms with E-state index in [1.807, 2.05) is 0 Å². The first-order valence-corrected chi connectivity index (χ1v) is 9.54. The maximum Gasteiger partial charge on any atom is 0.308 e. The smallest absolute Gasteiger partial charge is 0.308 e. The van der Waals surface area contributed by atoms with Crippen LogP contribution in [0.3, 0.4) is 0 Å². The van der Waals surface area contributed by atoms with Crippen LogP contribution in [0.4, 0.5) is 8.78 Å². The molecular formula is C24H21F2NO4. The SMILES string of the molecule is CC(=O)Oc1ccc(C(c2ccc(OC(C)=O)cc2)c2cc(C(C)(F)F)ccn2)cc1. The van der Waals surface area contributed by atoms with E-state index in [-0.39, 0.29) is 5.56 Å². The molecule has 0 amide bonds. The molecule has 2 aromatic carbocycles. The van der Waals surface area contributed by atoms with Gasteiger partial charge in [-0.25, -0.2) is 8.78 Å². The normalized spacial score (nSPS) is 11.3. The Morgan fingerprint density at radius 2 is 1.29 bits per heavy atom. The summed E-state index contributed by atoms with van der Waals surface area (Å²) in [5, 5.41) is 0. The maximum absolute atomic E-state index is 13.9. The first kappa shape index (κ1) is 22.1. The summed E-state index contributed by atoms with van der Waals surface area (Å²) in [5.41, 5.74) is 1.82. The van der Waals surface area contributed by atoms with Gasteiger partial charge in [0.05, 0.1) is 11.6 Å². The van der Waals surface area contributed by atoms with E-state index in [9.17, 15) is 18.4 Å². The molecule has 0 fully saturated rings. The van der Waals surface area contributed by atoms with Crippen LogP contribution in [0.5, 0.6) is 11.5 Å². The van der Waals surface area contributed by atoms with Gasteiger partial charge in [0.15, 0.2) is 0 Å². The Morgan fingerprint density at radius 1 is 0.839 bits per heavy atom. The lowest BCUT2D eigenvalue weighted by Gasteiger charge is -2.20. The Hall–Kier alpha value is -3.61. The number of hydrogen-bond acceptors (Lipinski definition) is 5. The van der Waals surface area contributed by atoms with Crippen molar-refractivity contribution < 1.29 is 27.8 Å². The summed E-state index contributed by atoms with van der Waals surface area (Å²) in [5.74, 6) is -3.61. The molecule has 1 heterocycles. The Kier molecular flexibility index (Phi) is 6.44. The molecule has 1 aromatic heterocycles. The number of halogens is 2. The van der Waals surface area contributed by atoms with Crippen LogP contribution in [0.15, 0.2) is 66.9 Å². The molecule has 0 aliphatic rings. The van der Waals surface area contributed by atoms with Crippen molar-refractivity contribution in [1.82, 2.24) is 4.98 Å². The largest absolute Gasteiger partial charge is 0.427 e. The number of carbonyl (C=O) groups excluding carboxylic acids is 2. The number of ether oxygens (including phenoxy) is 2. The van der Waals surface area contributed by atoms with Crippen LogP contribution in [-0.4, -0.2) is 16.9 Å². The predicted octanol–water partition coefficient (Wildman–Crippen LogP) is 5.22. The molecule has 3 aromatic rings. The number of esters is 2. The van der Waals surface area contributed by atoms with Gasteiger partial charge in [-0.05, 0) is 47.5 Å². The Labute approximate surface area is 178 Å². The highest BCUT2D eigenvalue weighted by atomic mass is 19.3. The molecule has 0 N–H and O–H groups in total. The zero-order chi connectivity index (χ0) is 22.6. The summed E-state index contributed by atoms with van der Waals surface area (Å²) < 4.78 is 38.0. The zero-order valence-electron chi connectivity index (χ0n) is 17.3. The summed E-state index contributed by atoms with van der Waals surface area (Å²) in [6.45, 7) is 3.45. The lowest BCUT2D eigenvalue weighted by molar-refractivity contribution is -0.132. The van der Waals surface area contributed by atoms with E-state index < -0.39 is 23.8 Å². The third-order valence-electron chi connectivity index (χ3n) is 4.53. The molecule has 0 spiro atoms. The van der Waals surface area contributed by atoms with Crippen molar-refractivity contribution in [2.45, 2.75) is 32.6 Å². The summed E-state index contributed by atoms with van der Waals surface area (Å²) >= 11 is 0. The van der Waals surface area contributed by atoms with Crippen LogP contribution in [0, 0.1) is 0 Å². The number of pyridine rings is 1. The fraction of sp³-hybridized carbons (Fsp3) is 0.208. The molecular weight excluding hydrogens is 404 g/mol. The lowest BCUT2D eigenvalue weighted by atomic mass is 9.87. The molecule has 0 saturated carbocycles. The fourth-order valence-corrected chi connectivity index (χ4v) is 3.20. The molecule has 0 aliphatic carbocycles. The van der Waals surface area contributed by atoms with Crippen molar-refractivity contribution in [2.75, 3.05) is 0 Å². The first-order chi connectivity index (χ1) is 14.6. The lowest BCUT2D eigenvalue weighted by Crippen LogP contribution is -2.11. The van der Waals surface area contributed by atoms with Crippen LogP contribution in [0.2, 0.25) is 0 Å². The van der Waals surface area contributed by atoms with Crippen LogP contribution in [-0.2, 0) is 15.5 Å². The van der Waals surface area contributed by atoms with Gasteiger partial charge in [-0.2, -0.15) is 0 Å². The van der Waals surface area contributed by atoms with Crippen molar-refractivity contribution in [3.63, 3.8) is 0 Å². The minimum atomic E-state index is -3.01. The van der Waals surface area contributed by atoms with Gasteiger partial charge < -0.3 is 9.47 Å². The number of benzene rings is 2. The average molecular weight is 425 g/mol. The fourth-order valence-electron chi connectivity index (χ4n) is 3.20. The quantitative estimate of drug-likeness (QED) is 0.400. The second-order valence-electron chi connectivity index (χ2n) is 7.12. The minimum Gasteiger partial charge on any atom is -0.427 e. The maximum atomic E-state index is 13.9. The van der Waals surface area contributed by atoms with Gasteiger partial charge in [-0.1, -0.05) is 24.3 Å². The molecule has 5 nitrogen and oxygen atoms in total. The van der Waals surface area contributed by atoms with E-state index in [4.69, 9.17) is 9.47 Å². The van der Waals surface area contributed by atoms with E-state index >= 15 is 0 Å². The second kappa shape index (κ2) is 9.04.